The summed E-state index contributed by atoms with van der Waals surface area (Å²) in [4.78, 5) is 18.7. The minimum absolute atomic E-state index is 0.120. The van der Waals surface area contributed by atoms with E-state index in [0.717, 1.165) is 6.42 Å². The van der Waals surface area contributed by atoms with Crippen molar-refractivity contribution in [3.63, 3.8) is 0 Å². The Labute approximate surface area is 193 Å². The van der Waals surface area contributed by atoms with Crippen molar-refractivity contribution in [2.75, 3.05) is 13.2 Å². The lowest BCUT2D eigenvalue weighted by Crippen LogP contribution is -2.48. The van der Waals surface area contributed by atoms with Crippen molar-refractivity contribution < 1.29 is 17.4 Å². The van der Waals surface area contributed by atoms with E-state index in [4.69, 9.17) is 40.5 Å². The fourth-order valence-electron chi connectivity index (χ4n) is 3.18. The highest BCUT2D eigenvalue weighted by atomic mass is 79.9. The predicted octanol–water partition coefficient (Wildman–Crippen LogP) is 2.67. The lowest BCUT2D eigenvalue weighted by Gasteiger charge is -2.36. The molecule has 1 aromatic rings. The van der Waals surface area contributed by atoms with Gasteiger partial charge < -0.3 is 15.2 Å². The molecule has 3 heterocycles. The van der Waals surface area contributed by atoms with Gasteiger partial charge in [-0.25, -0.2) is 13.9 Å². The Morgan fingerprint density at radius 1 is 1.43 bits per heavy atom. The van der Waals surface area contributed by atoms with E-state index >= 15 is 0 Å². The molecule has 1 aromatic heterocycles. The summed E-state index contributed by atoms with van der Waals surface area (Å²) in [6.07, 6.45) is 0.877. The molecule has 156 valence electrons. The zero-order valence-corrected chi connectivity index (χ0v) is 20.2. The van der Waals surface area contributed by atoms with Crippen molar-refractivity contribution >= 4 is 88.8 Å². The predicted molar refractivity (Wildman–Crippen MR) is 113 cm³/mol. The minimum Gasteiger partial charge on any atom is -0.369 e. The Morgan fingerprint density at radius 2 is 2.11 bits per heavy atom. The number of amides is 1. The quantitative estimate of drug-likeness (QED) is 0.312. The Morgan fingerprint density at radius 3 is 2.75 bits per heavy atom. The van der Waals surface area contributed by atoms with E-state index in [1.165, 1.54) is 0 Å². The first-order valence-corrected chi connectivity index (χ1v) is 12.0. The first-order chi connectivity index (χ1) is 12.9. The number of rotatable bonds is 4. The lowest BCUT2D eigenvalue weighted by molar-refractivity contribution is 0.0616. The Bertz CT molecular complexity index is 933. The fraction of sp³-hybridized carbons (Fsp3) is 0.538. The maximum Gasteiger partial charge on any atom is 0.362 e. The number of hydrogen-bond donors (Lipinski definition) is 2. The second-order valence-corrected chi connectivity index (χ2v) is 11.6. The molecule has 0 aliphatic carbocycles. The van der Waals surface area contributed by atoms with Gasteiger partial charge in [0.1, 0.15) is 16.9 Å². The molecule has 0 aromatic carbocycles. The smallest absolute Gasteiger partial charge is 0.362 e. The van der Waals surface area contributed by atoms with Gasteiger partial charge in [-0.15, -0.1) is 0 Å². The average molecular weight is 603 g/mol. The van der Waals surface area contributed by atoms with Crippen molar-refractivity contribution in [2.24, 2.45) is 10.7 Å². The van der Waals surface area contributed by atoms with Crippen LogP contribution in [0.3, 0.4) is 0 Å². The number of guanidine groups is 1. The third-order valence-electron chi connectivity index (χ3n) is 4.20. The van der Waals surface area contributed by atoms with Gasteiger partial charge in [0.2, 0.25) is 9.75 Å². The van der Waals surface area contributed by atoms with Gasteiger partial charge in [-0.3, -0.25) is 4.79 Å². The lowest BCUT2D eigenvalue weighted by atomic mass is 10.1. The summed E-state index contributed by atoms with van der Waals surface area (Å²) in [5, 5.41) is 0. The number of nitrogens with zero attached hydrogens (tertiary/aromatic N) is 3. The van der Waals surface area contributed by atoms with Crippen LogP contribution in [-0.2, 0) is 14.5 Å². The Kier molecular flexibility index (Phi) is 6.51. The normalized spacial score (nSPS) is 23.0. The number of nitrogens with one attached hydrogen (secondary N) is 1. The maximum absolute atomic E-state index is 12.7. The molecule has 3 rings (SSSR count). The van der Waals surface area contributed by atoms with E-state index in [9.17, 15) is 13.2 Å². The molecule has 0 saturated carbocycles. The van der Waals surface area contributed by atoms with E-state index in [-0.39, 0.29) is 11.9 Å². The van der Waals surface area contributed by atoms with Gasteiger partial charge in [-0.05, 0) is 50.8 Å². The van der Waals surface area contributed by atoms with Crippen LogP contribution in [0.4, 0.5) is 0 Å². The van der Waals surface area contributed by atoms with Gasteiger partial charge in [0.25, 0.3) is 5.91 Å². The van der Waals surface area contributed by atoms with Crippen molar-refractivity contribution in [2.45, 2.75) is 28.8 Å². The molecule has 1 fully saturated rings. The first-order valence-electron chi connectivity index (χ1n) is 7.84. The molecular formula is C13H14Br2Cl3N5O4S. The van der Waals surface area contributed by atoms with Gasteiger partial charge in [-0.2, -0.15) is 8.42 Å². The van der Waals surface area contributed by atoms with E-state index in [2.05, 4.69) is 41.0 Å². The molecule has 2 aliphatic heterocycles. The van der Waals surface area contributed by atoms with Crippen LogP contribution in [0.25, 0.3) is 0 Å². The third-order valence-corrected chi connectivity index (χ3v) is 7.36. The van der Waals surface area contributed by atoms with Gasteiger partial charge >= 0.3 is 10.3 Å². The van der Waals surface area contributed by atoms with E-state index in [1.54, 1.807) is 15.5 Å². The van der Waals surface area contributed by atoms with Crippen molar-refractivity contribution in [1.82, 2.24) is 14.2 Å². The Balaban J connectivity index is 1.89. The molecule has 0 unspecified atom stereocenters. The molecule has 28 heavy (non-hydrogen) atoms. The topological polar surface area (TPSA) is 119 Å². The van der Waals surface area contributed by atoms with Crippen LogP contribution in [0.2, 0.25) is 0 Å². The Hall–Kier alpha value is -0.240. The molecule has 3 N–H and O–H groups in total. The second-order valence-electron chi connectivity index (χ2n) is 6.11. The van der Waals surface area contributed by atoms with E-state index < -0.39 is 32.8 Å². The number of aliphatic imine (C=N–C) groups is 1. The largest absolute Gasteiger partial charge is 0.369 e. The van der Waals surface area contributed by atoms with Gasteiger partial charge in [0.15, 0.2) is 6.17 Å². The second kappa shape index (κ2) is 8.12. The molecule has 2 atom stereocenters. The SMILES string of the molecule is N/C(=N\[C@H]1[C@@H]2CCCN2C(=O)c2cc(Br)c(Br)n21)NS(=O)(=O)OCC(Cl)(Cl)Cl. The first kappa shape index (κ1) is 22.4. The number of carbonyl (C=O) groups is 1. The molecule has 1 saturated heterocycles. The standard InChI is InChI=1S/C13H14Br2Cl3N5O4S/c14-6-4-8-11(24)22-3-1-2-7(22)10(23(8)9(6)15)20-12(19)21-28(25,26)27-5-13(16,17)18/h4,7,10H,1-3,5H2,(H3,19,20,21)/t7-,10+/m0/s1. The van der Waals surface area contributed by atoms with Crippen LogP contribution < -0.4 is 10.5 Å². The number of fused-ring (bicyclic) bond motifs is 2. The summed E-state index contributed by atoms with van der Waals surface area (Å²) in [7, 11) is -4.35. The summed E-state index contributed by atoms with van der Waals surface area (Å²) in [6.45, 7) is -0.108. The molecular weight excluding hydrogens is 588 g/mol. The summed E-state index contributed by atoms with van der Waals surface area (Å²) in [5.74, 6) is -0.538. The highest BCUT2D eigenvalue weighted by Crippen LogP contribution is 2.41. The molecule has 0 bridgehead atoms. The molecule has 0 spiro atoms. The summed E-state index contributed by atoms with van der Waals surface area (Å²) in [5.41, 5.74) is 6.21. The van der Waals surface area contributed by atoms with Crippen LogP contribution >= 0.6 is 66.7 Å². The van der Waals surface area contributed by atoms with Crippen LogP contribution in [0, 0.1) is 0 Å². The maximum atomic E-state index is 12.7. The highest BCUT2D eigenvalue weighted by molar-refractivity contribution is 9.13. The van der Waals surface area contributed by atoms with Gasteiger partial charge in [0.05, 0.1) is 10.5 Å². The third kappa shape index (κ3) is 4.73. The van der Waals surface area contributed by atoms with Crippen molar-refractivity contribution in [3.8, 4) is 0 Å². The van der Waals surface area contributed by atoms with Crippen molar-refractivity contribution in [3.05, 3.63) is 20.8 Å². The van der Waals surface area contributed by atoms with E-state index in [0.29, 0.717) is 27.7 Å². The zero-order chi connectivity index (χ0) is 20.9. The van der Waals surface area contributed by atoms with Crippen LogP contribution in [0.1, 0.15) is 29.5 Å². The highest BCUT2D eigenvalue weighted by Gasteiger charge is 2.44. The molecule has 1 amide bonds. The number of alkyl halides is 3. The van der Waals surface area contributed by atoms with Crippen LogP contribution in [0.15, 0.2) is 20.1 Å². The van der Waals surface area contributed by atoms with Crippen LogP contribution in [-0.4, -0.2) is 52.7 Å². The van der Waals surface area contributed by atoms with E-state index in [1.807, 2.05) is 4.72 Å². The average Bonchev–Trinajstić information content (AvgIpc) is 3.15. The summed E-state index contributed by atoms with van der Waals surface area (Å²) < 4.78 is 31.5. The number of carbonyl (C=O) groups excluding carboxylic acids is 1. The van der Waals surface area contributed by atoms with Crippen LogP contribution in [0.5, 0.6) is 0 Å². The van der Waals surface area contributed by atoms with Gasteiger partial charge in [0, 0.05) is 6.54 Å². The monoisotopic (exact) mass is 599 g/mol. The van der Waals surface area contributed by atoms with Crippen molar-refractivity contribution in [1.29, 1.82) is 0 Å². The molecule has 0 radical (unpaired) electrons. The summed E-state index contributed by atoms with van der Waals surface area (Å²) in [6, 6.07) is 1.41. The fourth-order valence-corrected chi connectivity index (χ4v) is 5.16. The number of aromatic nitrogens is 1. The van der Waals surface area contributed by atoms with Gasteiger partial charge in [-0.1, -0.05) is 34.8 Å². The number of halogens is 5. The zero-order valence-electron chi connectivity index (χ0n) is 13.9. The minimum atomic E-state index is -4.35. The molecule has 2 aliphatic rings. The molecule has 15 heteroatoms. The molecule has 9 nitrogen and oxygen atoms in total. The number of nitrogens with two attached hydrogens (primary N) is 1. The number of hydrogen-bond acceptors (Lipinski definition) is 5. The summed E-state index contributed by atoms with van der Waals surface area (Å²) >= 11 is 23.3.